The summed E-state index contributed by atoms with van der Waals surface area (Å²) in [6, 6.07) is 26.2. The van der Waals surface area contributed by atoms with E-state index in [1.54, 1.807) is 23.0 Å². The molecule has 0 aliphatic carbocycles. The number of anilines is 1. The molecule has 4 aromatic rings. The number of hydrogen-bond acceptors (Lipinski definition) is 5. The molecule has 0 spiro atoms. The minimum absolute atomic E-state index is 0.0359. The Labute approximate surface area is 162 Å². The Kier molecular flexibility index (Phi) is 5.02. The monoisotopic (exact) mass is 367 g/mol. The molecule has 0 atom stereocenters. The lowest BCUT2D eigenvalue weighted by atomic mass is 10.0. The maximum atomic E-state index is 12.8. The molecule has 3 aromatic carbocycles. The topological polar surface area (TPSA) is 72.7 Å². The molecule has 6 heteroatoms. The van der Waals surface area contributed by atoms with Crippen LogP contribution in [0.25, 0.3) is 11.8 Å². The SMILES string of the molecule is O=C(c1ccccc1)c1ccccc1N/C=C\c1nnnn1-c1ccccc1. The number of nitrogens with one attached hydrogen (secondary N) is 1. The number of aromatic nitrogens is 4. The van der Waals surface area contributed by atoms with Crippen LogP contribution in [0.5, 0.6) is 0 Å². The second kappa shape index (κ2) is 8.09. The van der Waals surface area contributed by atoms with Crippen molar-refractivity contribution in [1.29, 1.82) is 0 Å². The number of ketones is 1. The summed E-state index contributed by atoms with van der Waals surface area (Å²) >= 11 is 0. The number of benzene rings is 3. The van der Waals surface area contributed by atoms with E-state index in [0.29, 0.717) is 22.6 Å². The molecule has 0 unspecified atom stereocenters. The highest BCUT2D eigenvalue weighted by atomic mass is 16.1. The van der Waals surface area contributed by atoms with Crippen LogP contribution in [0, 0.1) is 0 Å². The van der Waals surface area contributed by atoms with Crippen molar-refractivity contribution in [2.75, 3.05) is 5.32 Å². The molecule has 0 radical (unpaired) electrons. The van der Waals surface area contributed by atoms with Crippen molar-refractivity contribution >= 4 is 17.5 Å². The van der Waals surface area contributed by atoms with Gasteiger partial charge < -0.3 is 5.32 Å². The van der Waals surface area contributed by atoms with Crippen LogP contribution in [0.4, 0.5) is 5.69 Å². The fourth-order valence-electron chi connectivity index (χ4n) is 2.81. The number of carbonyl (C=O) groups is 1. The first-order valence-corrected chi connectivity index (χ1v) is 8.78. The van der Waals surface area contributed by atoms with Gasteiger partial charge >= 0.3 is 0 Å². The highest BCUT2D eigenvalue weighted by molar-refractivity contribution is 6.12. The van der Waals surface area contributed by atoms with Crippen molar-refractivity contribution in [3.63, 3.8) is 0 Å². The normalized spacial score (nSPS) is 10.9. The Bertz CT molecular complexity index is 1100. The zero-order valence-corrected chi connectivity index (χ0v) is 14.9. The fourth-order valence-corrected chi connectivity index (χ4v) is 2.81. The van der Waals surface area contributed by atoms with Crippen molar-refractivity contribution < 1.29 is 4.79 Å². The molecule has 0 aliphatic rings. The minimum Gasteiger partial charge on any atom is -0.361 e. The summed E-state index contributed by atoms with van der Waals surface area (Å²) in [6.07, 6.45) is 3.49. The summed E-state index contributed by atoms with van der Waals surface area (Å²) in [5.41, 5.74) is 2.83. The van der Waals surface area contributed by atoms with Gasteiger partial charge in [0.15, 0.2) is 11.6 Å². The number of rotatable bonds is 6. The van der Waals surface area contributed by atoms with Gasteiger partial charge in [0.1, 0.15) is 0 Å². The number of para-hydroxylation sites is 2. The molecule has 0 amide bonds. The standard InChI is InChI=1S/C22H17N5O/c28-22(17-9-3-1-4-10-17)19-13-7-8-14-20(19)23-16-15-21-24-25-26-27(21)18-11-5-2-6-12-18/h1-16,23H/b16-15-. The van der Waals surface area contributed by atoms with E-state index in [-0.39, 0.29) is 5.78 Å². The van der Waals surface area contributed by atoms with Crippen LogP contribution in [0.3, 0.4) is 0 Å². The largest absolute Gasteiger partial charge is 0.361 e. The van der Waals surface area contributed by atoms with Crippen LogP contribution in [-0.4, -0.2) is 26.0 Å². The average Bonchev–Trinajstić information content (AvgIpc) is 3.23. The maximum absolute atomic E-state index is 12.8. The van der Waals surface area contributed by atoms with E-state index in [1.165, 1.54) is 0 Å². The Morgan fingerprint density at radius 2 is 1.54 bits per heavy atom. The molecule has 1 N–H and O–H groups in total. The highest BCUT2D eigenvalue weighted by Crippen LogP contribution is 2.19. The van der Waals surface area contributed by atoms with E-state index in [2.05, 4.69) is 20.8 Å². The summed E-state index contributed by atoms with van der Waals surface area (Å²) in [5, 5.41) is 15.0. The molecule has 0 aliphatic heterocycles. The van der Waals surface area contributed by atoms with Gasteiger partial charge in [-0.3, -0.25) is 4.79 Å². The maximum Gasteiger partial charge on any atom is 0.195 e. The van der Waals surface area contributed by atoms with E-state index in [9.17, 15) is 4.79 Å². The summed E-state index contributed by atoms with van der Waals surface area (Å²) in [6.45, 7) is 0. The van der Waals surface area contributed by atoms with Gasteiger partial charge in [0, 0.05) is 29.1 Å². The second-order valence-corrected chi connectivity index (χ2v) is 6.00. The third kappa shape index (κ3) is 3.71. The molecule has 0 bridgehead atoms. The molecule has 28 heavy (non-hydrogen) atoms. The first kappa shape index (κ1) is 17.4. The van der Waals surface area contributed by atoms with E-state index in [0.717, 1.165) is 5.69 Å². The molecule has 6 nitrogen and oxygen atoms in total. The lowest BCUT2D eigenvalue weighted by molar-refractivity contribution is 0.103. The van der Waals surface area contributed by atoms with Crippen LogP contribution in [0.1, 0.15) is 21.7 Å². The van der Waals surface area contributed by atoms with E-state index in [1.807, 2.05) is 78.9 Å². The molecular weight excluding hydrogens is 350 g/mol. The first-order valence-electron chi connectivity index (χ1n) is 8.78. The van der Waals surface area contributed by atoms with Gasteiger partial charge in [-0.1, -0.05) is 60.7 Å². The van der Waals surface area contributed by atoms with E-state index < -0.39 is 0 Å². The third-order valence-electron chi connectivity index (χ3n) is 4.17. The van der Waals surface area contributed by atoms with Gasteiger partial charge in [0.25, 0.3) is 0 Å². The van der Waals surface area contributed by atoms with Crippen molar-refractivity contribution in [2.24, 2.45) is 0 Å². The lowest BCUT2D eigenvalue weighted by Gasteiger charge is -2.08. The molecule has 1 aromatic heterocycles. The van der Waals surface area contributed by atoms with E-state index in [4.69, 9.17) is 0 Å². The fraction of sp³-hybridized carbons (Fsp3) is 0. The quantitative estimate of drug-likeness (QED) is 0.522. The highest BCUT2D eigenvalue weighted by Gasteiger charge is 2.12. The Hall–Kier alpha value is -4.06. The van der Waals surface area contributed by atoms with Gasteiger partial charge in [-0.25, -0.2) is 0 Å². The molecule has 136 valence electrons. The third-order valence-corrected chi connectivity index (χ3v) is 4.17. The zero-order valence-electron chi connectivity index (χ0n) is 14.9. The predicted molar refractivity (Wildman–Crippen MR) is 108 cm³/mol. The zero-order chi connectivity index (χ0) is 19.2. The second-order valence-electron chi connectivity index (χ2n) is 6.00. The molecule has 4 rings (SSSR count). The van der Waals surface area contributed by atoms with Gasteiger partial charge in [-0.15, -0.1) is 5.10 Å². The minimum atomic E-state index is -0.0359. The number of tetrazole rings is 1. The van der Waals surface area contributed by atoms with Crippen LogP contribution < -0.4 is 5.32 Å². The smallest absolute Gasteiger partial charge is 0.195 e. The number of carbonyl (C=O) groups excluding carboxylic acids is 1. The summed E-state index contributed by atoms with van der Waals surface area (Å²) < 4.78 is 1.64. The summed E-state index contributed by atoms with van der Waals surface area (Å²) in [5.74, 6) is 0.539. The van der Waals surface area contributed by atoms with Crippen molar-refractivity contribution in [3.05, 3.63) is 108 Å². The van der Waals surface area contributed by atoms with E-state index >= 15 is 0 Å². The lowest BCUT2D eigenvalue weighted by Crippen LogP contribution is -2.05. The Balaban J connectivity index is 1.56. The summed E-state index contributed by atoms with van der Waals surface area (Å²) in [7, 11) is 0. The van der Waals surface area contributed by atoms with Crippen LogP contribution in [-0.2, 0) is 0 Å². The average molecular weight is 367 g/mol. The van der Waals surface area contributed by atoms with Crippen molar-refractivity contribution in [1.82, 2.24) is 20.2 Å². The molecule has 0 saturated carbocycles. The first-order chi connectivity index (χ1) is 13.8. The molecular formula is C22H17N5O. The number of nitrogens with zero attached hydrogens (tertiary/aromatic N) is 4. The van der Waals surface area contributed by atoms with Gasteiger partial charge in [0.2, 0.25) is 0 Å². The Morgan fingerprint density at radius 1 is 0.857 bits per heavy atom. The van der Waals surface area contributed by atoms with Gasteiger partial charge in [0.05, 0.1) is 5.69 Å². The number of hydrogen-bond donors (Lipinski definition) is 1. The van der Waals surface area contributed by atoms with Crippen LogP contribution >= 0.6 is 0 Å². The van der Waals surface area contributed by atoms with Gasteiger partial charge in [-0.05, 0) is 34.7 Å². The molecule has 0 saturated heterocycles. The van der Waals surface area contributed by atoms with Gasteiger partial charge in [-0.2, -0.15) is 4.68 Å². The van der Waals surface area contributed by atoms with Crippen molar-refractivity contribution in [2.45, 2.75) is 0 Å². The molecule has 0 fully saturated rings. The van der Waals surface area contributed by atoms with Crippen molar-refractivity contribution in [3.8, 4) is 5.69 Å². The summed E-state index contributed by atoms with van der Waals surface area (Å²) in [4.78, 5) is 12.8. The Morgan fingerprint density at radius 3 is 2.32 bits per heavy atom. The predicted octanol–water partition coefficient (Wildman–Crippen LogP) is 3.98. The van der Waals surface area contributed by atoms with Crippen LogP contribution in [0.2, 0.25) is 0 Å². The molecule has 1 heterocycles. The van der Waals surface area contributed by atoms with Crippen LogP contribution in [0.15, 0.2) is 91.1 Å².